The van der Waals surface area contributed by atoms with Gasteiger partial charge in [0.15, 0.2) is 0 Å². The monoisotopic (exact) mass is 128 g/mol. The van der Waals surface area contributed by atoms with Gasteiger partial charge < -0.3 is 4.74 Å². The van der Waals surface area contributed by atoms with E-state index in [9.17, 15) is 0 Å². The highest BCUT2D eigenvalue weighted by atomic mass is 16.5. The first-order chi connectivity index (χ1) is 4.25. The molecule has 0 aromatic carbocycles. The van der Waals surface area contributed by atoms with E-state index in [0.717, 1.165) is 18.4 Å². The number of ether oxygens (including phenoxy) is 1. The van der Waals surface area contributed by atoms with Gasteiger partial charge in [0.05, 0.1) is 6.10 Å². The molecule has 1 nitrogen and oxygen atoms in total. The Hall–Kier alpha value is -0.0400. The standard InChI is InChI=1S/C8H16O/c1-4-9-8-5-7(8)6(2)3/h6-8H,4-5H2,1-3H3. The molecular formula is C8H16O. The van der Waals surface area contributed by atoms with E-state index < -0.39 is 0 Å². The van der Waals surface area contributed by atoms with Crippen molar-refractivity contribution in [1.82, 2.24) is 0 Å². The van der Waals surface area contributed by atoms with Crippen molar-refractivity contribution in [2.45, 2.75) is 33.3 Å². The van der Waals surface area contributed by atoms with Crippen LogP contribution in [-0.2, 0) is 4.74 Å². The minimum absolute atomic E-state index is 0.606. The first-order valence-electron chi connectivity index (χ1n) is 3.87. The third-order valence-electron chi connectivity index (χ3n) is 2.02. The van der Waals surface area contributed by atoms with Gasteiger partial charge in [-0.2, -0.15) is 0 Å². The number of rotatable bonds is 3. The van der Waals surface area contributed by atoms with Crippen molar-refractivity contribution in [2.24, 2.45) is 11.8 Å². The van der Waals surface area contributed by atoms with Gasteiger partial charge in [-0.3, -0.25) is 0 Å². The fourth-order valence-corrected chi connectivity index (χ4v) is 1.30. The molecule has 1 saturated carbocycles. The lowest BCUT2D eigenvalue weighted by Gasteiger charge is -2.01. The molecule has 0 heterocycles. The molecule has 1 rings (SSSR count). The summed E-state index contributed by atoms with van der Waals surface area (Å²) >= 11 is 0. The van der Waals surface area contributed by atoms with Gasteiger partial charge in [0.25, 0.3) is 0 Å². The van der Waals surface area contributed by atoms with E-state index in [4.69, 9.17) is 4.74 Å². The van der Waals surface area contributed by atoms with E-state index >= 15 is 0 Å². The summed E-state index contributed by atoms with van der Waals surface area (Å²) in [6.07, 6.45) is 1.90. The number of hydrogen-bond donors (Lipinski definition) is 0. The maximum absolute atomic E-state index is 5.43. The minimum atomic E-state index is 0.606. The second-order valence-electron chi connectivity index (χ2n) is 3.14. The van der Waals surface area contributed by atoms with Crippen LogP contribution in [0, 0.1) is 11.8 Å². The summed E-state index contributed by atoms with van der Waals surface area (Å²) in [5.74, 6) is 1.69. The van der Waals surface area contributed by atoms with Gasteiger partial charge in [-0.25, -0.2) is 0 Å². The van der Waals surface area contributed by atoms with E-state index in [1.54, 1.807) is 0 Å². The zero-order valence-electron chi connectivity index (χ0n) is 6.55. The molecule has 2 unspecified atom stereocenters. The summed E-state index contributed by atoms with van der Waals surface area (Å²) in [6.45, 7) is 7.48. The second-order valence-corrected chi connectivity index (χ2v) is 3.14. The lowest BCUT2D eigenvalue weighted by atomic mass is 10.1. The van der Waals surface area contributed by atoms with E-state index in [-0.39, 0.29) is 0 Å². The molecule has 9 heavy (non-hydrogen) atoms. The Morgan fingerprint density at radius 3 is 2.56 bits per heavy atom. The van der Waals surface area contributed by atoms with Crippen molar-refractivity contribution >= 4 is 0 Å². The van der Waals surface area contributed by atoms with Crippen LogP contribution in [0.3, 0.4) is 0 Å². The zero-order chi connectivity index (χ0) is 6.85. The smallest absolute Gasteiger partial charge is 0.0610 e. The number of hydrogen-bond acceptors (Lipinski definition) is 1. The quantitative estimate of drug-likeness (QED) is 0.565. The van der Waals surface area contributed by atoms with Crippen molar-refractivity contribution in [3.63, 3.8) is 0 Å². The summed E-state index contributed by atoms with van der Waals surface area (Å²) in [7, 11) is 0. The first-order valence-corrected chi connectivity index (χ1v) is 3.87. The SMILES string of the molecule is CCOC1CC1C(C)C. The van der Waals surface area contributed by atoms with Gasteiger partial charge >= 0.3 is 0 Å². The zero-order valence-corrected chi connectivity index (χ0v) is 6.55. The van der Waals surface area contributed by atoms with Gasteiger partial charge in [-0.05, 0) is 25.2 Å². The van der Waals surface area contributed by atoms with Crippen molar-refractivity contribution in [3.8, 4) is 0 Å². The molecule has 0 aromatic rings. The van der Waals surface area contributed by atoms with Crippen molar-refractivity contribution in [1.29, 1.82) is 0 Å². The van der Waals surface area contributed by atoms with E-state index in [2.05, 4.69) is 20.8 Å². The van der Waals surface area contributed by atoms with E-state index in [1.165, 1.54) is 6.42 Å². The largest absolute Gasteiger partial charge is 0.378 e. The predicted octanol–water partition coefficient (Wildman–Crippen LogP) is 2.07. The van der Waals surface area contributed by atoms with E-state index in [1.807, 2.05) is 0 Å². The molecule has 1 fully saturated rings. The highest BCUT2D eigenvalue weighted by Gasteiger charge is 2.39. The maximum atomic E-state index is 5.43. The van der Waals surface area contributed by atoms with Crippen LogP contribution >= 0.6 is 0 Å². The van der Waals surface area contributed by atoms with Crippen LogP contribution in [0.4, 0.5) is 0 Å². The molecular weight excluding hydrogens is 112 g/mol. The van der Waals surface area contributed by atoms with Crippen LogP contribution in [0.25, 0.3) is 0 Å². The van der Waals surface area contributed by atoms with Crippen LogP contribution < -0.4 is 0 Å². The third kappa shape index (κ3) is 1.68. The summed E-state index contributed by atoms with van der Waals surface area (Å²) in [5, 5.41) is 0. The van der Waals surface area contributed by atoms with Gasteiger partial charge in [0.1, 0.15) is 0 Å². The molecule has 1 aliphatic rings. The maximum Gasteiger partial charge on any atom is 0.0610 e. The molecule has 0 bridgehead atoms. The van der Waals surface area contributed by atoms with Crippen LogP contribution in [0.1, 0.15) is 27.2 Å². The highest BCUT2D eigenvalue weighted by molar-refractivity contribution is 4.89. The topological polar surface area (TPSA) is 9.23 Å². The van der Waals surface area contributed by atoms with Crippen molar-refractivity contribution < 1.29 is 4.74 Å². The van der Waals surface area contributed by atoms with Crippen molar-refractivity contribution in [2.75, 3.05) is 6.61 Å². The van der Waals surface area contributed by atoms with Gasteiger partial charge in [-0.15, -0.1) is 0 Å². The van der Waals surface area contributed by atoms with Crippen LogP contribution in [0.2, 0.25) is 0 Å². The molecule has 0 radical (unpaired) electrons. The molecule has 0 N–H and O–H groups in total. The Morgan fingerprint density at radius 1 is 1.56 bits per heavy atom. The Balaban J connectivity index is 2.09. The Morgan fingerprint density at radius 2 is 2.22 bits per heavy atom. The lowest BCUT2D eigenvalue weighted by molar-refractivity contribution is 0.115. The molecule has 2 atom stereocenters. The average molecular weight is 128 g/mol. The summed E-state index contributed by atoms with van der Waals surface area (Å²) in [5.41, 5.74) is 0. The molecule has 0 aromatic heterocycles. The Labute approximate surface area is 57.4 Å². The molecule has 0 amide bonds. The summed E-state index contributed by atoms with van der Waals surface area (Å²) in [6, 6.07) is 0. The molecule has 1 heteroatoms. The highest BCUT2D eigenvalue weighted by Crippen LogP contribution is 2.39. The van der Waals surface area contributed by atoms with Crippen LogP contribution in [-0.4, -0.2) is 12.7 Å². The second kappa shape index (κ2) is 2.70. The fourth-order valence-electron chi connectivity index (χ4n) is 1.30. The minimum Gasteiger partial charge on any atom is -0.378 e. The molecule has 1 aliphatic carbocycles. The fraction of sp³-hybridized carbons (Fsp3) is 1.00. The van der Waals surface area contributed by atoms with Crippen LogP contribution in [0.5, 0.6) is 0 Å². The average Bonchev–Trinajstić information content (AvgIpc) is 2.47. The normalized spacial score (nSPS) is 33.3. The van der Waals surface area contributed by atoms with Crippen molar-refractivity contribution in [3.05, 3.63) is 0 Å². The van der Waals surface area contributed by atoms with Crippen LogP contribution in [0.15, 0.2) is 0 Å². The van der Waals surface area contributed by atoms with Gasteiger partial charge in [-0.1, -0.05) is 13.8 Å². The lowest BCUT2D eigenvalue weighted by Crippen LogP contribution is -2.00. The summed E-state index contributed by atoms with van der Waals surface area (Å²) in [4.78, 5) is 0. The molecule has 0 aliphatic heterocycles. The van der Waals surface area contributed by atoms with E-state index in [0.29, 0.717) is 6.10 Å². The molecule has 0 spiro atoms. The predicted molar refractivity (Wildman–Crippen MR) is 38.4 cm³/mol. The Bertz CT molecular complexity index is 88.6. The molecule has 54 valence electrons. The third-order valence-corrected chi connectivity index (χ3v) is 2.02. The summed E-state index contributed by atoms with van der Waals surface area (Å²) < 4.78 is 5.43. The Kier molecular flexibility index (Phi) is 2.12. The van der Waals surface area contributed by atoms with Gasteiger partial charge in [0, 0.05) is 6.61 Å². The first kappa shape index (κ1) is 7.07. The molecule has 0 saturated heterocycles. The van der Waals surface area contributed by atoms with Gasteiger partial charge in [0.2, 0.25) is 0 Å².